The van der Waals surface area contributed by atoms with Gasteiger partial charge in [0.2, 0.25) is 5.91 Å². The maximum absolute atomic E-state index is 13.7. The van der Waals surface area contributed by atoms with Crippen LogP contribution < -0.4 is 5.32 Å². The molecule has 5 nitrogen and oxygen atoms in total. The number of carbonyl (C=O) groups is 2. The number of halogens is 2. The maximum Gasteiger partial charge on any atom is 0.267 e. The minimum Gasteiger partial charge on any atom is -0.357 e. The van der Waals surface area contributed by atoms with Gasteiger partial charge in [0.15, 0.2) is 0 Å². The molecule has 0 saturated heterocycles. The Kier molecular flexibility index (Phi) is 7.72. The van der Waals surface area contributed by atoms with Crippen LogP contribution in [0.25, 0.3) is 0 Å². The minimum atomic E-state index is -0.637. The number of amides is 2. The zero-order valence-corrected chi connectivity index (χ0v) is 16.5. The number of aromatic amines is 1. The first-order chi connectivity index (χ1) is 13.3. The molecule has 0 fully saturated rings. The van der Waals surface area contributed by atoms with Crippen molar-refractivity contribution in [2.45, 2.75) is 39.2 Å². The van der Waals surface area contributed by atoms with Gasteiger partial charge in [-0.1, -0.05) is 19.9 Å². The molecule has 0 radical (unpaired) electrons. The Morgan fingerprint density at radius 1 is 1.21 bits per heavy atom. The molecule has 0 bridgehead atoms. The van der Waals surface area contributed by atoms with E-state index in [1.54, 1.807) is 30.3 Å². The number of rotatable bonds is 9. The van der Waals surface area contributed by atoms with E-state index in [1.165, 1.54) is 12.1 Å². The second-order valence-electron chi connectivity index (χ2n) is 7.25. The predicted molar refractivity (Wildman–Crippen MR) is 104 cm³/mol. The molecule has 0 saturated carbocycles. The summed E-state index contributed by atoms with van der Waals surface area (Å²) in [6.45, 7) is 4.50. The zero-order valence-electron chi connectivity index (χ0n) is 16.5. The van der Waals surface area contributed by atoms with E-state index in [4.69, 9.17) is 0 Å². The first kappa shape index (κ1) is 21.6. The van der Waals surface area contributed by atoms with E-state index in [0.717, 1.165) is 6.07 Å². The first-order valence-corrected chi connectivity index (χ1v) is 9.40. The summed E-state index contributed by atoms with van der Waals surface area (Å²) in [7, 11) is 1.69. The van der Waals surface area contributed by atoms with Crippen molar-refractivity contribution in [3.8, 4) is 0 Å². The Balaban J connectivity index is 1.83. The number of aromatic nitrogens is 1. The van der Waals surface area contributed by atoms with Gasteiger partial charge in [0.05, 0.1) is 0 Å². The third-order valence-corrected chi connectivity index (χ3v) is 4.79. The van der Waals surface area contributed by atoms with Gasteiger partial charge in [0.25, 0.3) is 5.91 Å². The van der Waals surface area contributed by atoms with Crippen LogP contribution in [0.5, 0.6) is 0 Å². The van der Waals surface area contributed by atoms with E-state index in [2.05, 4.69) is 10.3 Å². The molecule has 1 aromatic heterocycles. The fourth-order valence-corrected chi connectivity index (χ4v) is 2.90. The van der Waals surface area contributed by atoms with Crippen LogP contribution in [0.3, 0.4) is 0 Å². The summed E-state index contributed by atoms with van der Waals surface area (Å²) in [4.78, 5) is 29.0. The van der Waals surface area contributed by atoms with Gasteiger partial charge < -0.3 is 15.2 Å². The Bertz CT molecular complexity index is 791. The Morgan fingerprint density at radius 3 is 2.57 bits per heavy atom. The number of hydrogen-bond donors (Lipinski definition) is 2. The van der Waals surface area contributed by atoms with E-state index >= 15 is 0 Å². The quantitative estimate of drug-likeness (QED) is 0.687. The smallest absolute Gasteiger partial charge is 0.267 e. The Hall–Kier alpha value is -2.70. The second kappa shape index (κ2) is 10.0. The lowest BCUT2D eigenvalue weighted by Gasteiger charge is -2.25. The van der Waals surface area contributed by atoms with Crippen molar-refractivity contribution < 1.29 is 18.4 Å². The van der Waals surface area contributed by atoms with Crippen molar-refractivity contribution in [2.75, 3.05) is 13.6 Å². The SMILES string of the molecule is CC(C)C(CCN(C)C(=O)CCc1ccc(F)cc1F)NC(=O)c1ccc[nH]1. The van der Waals surface area contributed by atoms with Gasteiger partial charge >= 0.3 is 0 Å². The number of hydrogen-bond acceptors (Lipinski definition) is 2. The van der Waals surface area contributed by atoms with Crippen LogP contribution in [0.15, 0.2) is 36.5 Å². The highest BCUT2D eigenvalue weighted by Gasteiger charge is 2.19. The van der Waals surface area contributed by atoms with Crippen molar-refractivity contribution in [1.29, 1.82) is 0 Å². The molecule has 1 heterocycles. The molecule has 2 rings (SSSR count). The summed E-state index contributed by atoms with van der Waals surface area (Å²) < 4.78 is 26.6. The first-order valence-electron chi connectivity index (χ1n) is 9.40. The highest BCUT2D eigenvalue weighted by Crippen LogP contribution is 2.13. The van der Waals surface area contributed by atoms with Crippen molar-refractivity contribution in [3.63, 3.8) is 0 Å². The van der Waals surface area contributed by atoms with Gasteiger partial charge in [-0.15, -0.1) is 0 Å². The van der Waals surface area contributed by atoms with Gasteiger partial charge in [-0.05, 0) is 42.5 Å². The van der Waals surface area contributed by atoms with Gasteiger partial charge in [-0.25, -0.2) is 8.78 Å². The normalized spacial score (nSPS) is 12.1. The van der Waals surface area contributed by atoms with E-state index in [0.29, 0.717) is 24.2 Å². The molecule has 2 amide bonds. The second-order valence-corrected chi connectivity index (χ2v) is 7.25. The summed E-state index contributed by atoms with van der Waals surface area (Å²) in [6.07, 6.45) is 2.65. The number of nitrogens with one attached hydrogen (secondary N) is 2. The molecule has 0 aliphatic rings. The number of aryl methyl sites for hydroxylation is 1. The summed E-state index contributed by atoms with van der Waals surface area (Å²) in [5, 5.41) is 2.99. The van der Waals surface area contributed by atoms with Crippen LogP contribution in [-0.2, 0) is 11.2 Å². The van der Waals surface area contributed by atoms with Crippen molar-refractivity contribution in [1.82, 2.24) is 15.2 Å². The summed E-state index contributed by atoms with van der Waals surface area (Å²) in [6, 6.07) is 6.76. The minimum absolute atomic E-state index is 0.0828. The zero-order chi connectivity index (χ0) is 20.7. The topological polar surface area (TPSA) is 65.2 Å². The van der Waals surface area contributed by atoms with E-state index in [9.17, 15) is 18.4 Å². The lowest BCUT2D eigenvalue weighted by atomic mass is 10.0. The van der Waals surface area contributed by atoms with E-state index < -0.39 is 11.6 Å². The fourth-order valence-electron chi connectivity index (χ4n) is 2.90. The highest BCUT2D eigenvalue weighted by molar-refractivity contribution is 5.92. The maximum atomic E-state index is 13.7. The average Bonchev–Trinajstić information content (AvgIpc) is 3.18. The standard InChI is InChI=1S/C21H27F2N3O2/c1-14(2)18(25-21(28)19-5-4-11-24-19)10-12-26(3)20(27)9-7-15-6-8-16(22)13-17(15)23/h4-6,8,11,13-14,18,24H,7,9-10,12H2,1-3H3,(H,25,28). The molecule has 0 spiro atoms. The van der Waals surface area contributed by atoms with Gasteiger partial charge in [0, 0.05) is 38.3 Å². The third kappa shape index (κ3) is 6.18. The summed E-state index contributed by atoms with van der Waals surface area (Å²) in [5.41, 5.74) is 0.817. The lowest BCUT2D eigenvalue weighted by Crippen LogP contribution is -2.41. The molecule has 7 heteroatoms. The number of H-pyrrole nitrogens is 1. The average molecular weight is 391 g/mol. The van der Waals surface area contributed by atoms with Crippen molar-refractivity contribution in [2.24, 2.45) is 5.92 Å². The van der Waals surface area contributed by atoms with Crippen LogP contribution in [0.2, 0.25) is 0 Å². The lowest BCUT2D eigenvalue weighted by molar-refractivity contribution is -0.130. The van der Waals surface area contributed by atoms with Gasteiger partial charge in [-0.2, -0.15) is 0 Å². The molecule has 28 heavy (non-hydrogen) atoms. The highest BCUT2D eigenvalue weighted by atomic mass is 19.1. The Morgan fingerprint density at radius 2 is 1.96 bits per heavy atom. The van der Waals surface area contributed by atoms with Crippen LogP contribution in [0, 0.1) is 17.6 Å². The molecule has 1 aromatic carbocycles. The number of carbonyl (C=O) groups excluding carboxylic acids is 2. The molecule has 1 unspecified atom stereocenters. The largest absolute Gasteiger partial charge is 0.357 e. The van der Waals surface area contributed by atoms with Crippen molar-refractivity contribution >= 4 is 11.8 Å². The molecule has 0 aliphatic heterocycles. The van der Waals surface area contributed by atoms with Gasteiger partial charge in [0.1, 0.15) is 17.3 Å². The molecule has 1 atom stereocenters. The molecule has 2 aromatic rings. The summed E-state index contributed by atoms with van der Waals surface area (Å²) >= 11 is 0. The van der Waals surface area contributed by atoms with E-state index in [1.807, 2.05) is 13.8 Å². The van der Waals surface area contributed by atoms with Crippen molar-refractivity contribution in [3.05, 3.63) is 59.4 Å². The molecule has 0 aliphatic carbocycles. The predicted octanol–water partition coefficient (Wildman–Crippen LogP) is 3.53. The molecule has 152 valence electrons. The third-order valence-electron chi connectivity index (χ3n) is 4.79. The monoisotopic (exact) mass is 391 g/mol. The van der Waals surface area contributed by atoms with Crippen LogP contribution >= 0.6 is 0 Å². The van der Waals surface area contributed by atoms with Crippen LogP contribution in [0.1, 0.15) is 42.7 Å². The Labute approximate surface area is 164 Å². The summed E-state index contributed by atoms with van der Waals surface area (Å²) in [5.74, 6) is -1.37. The number of nitrogens with zero attached hydrogens (tertiary/aromatic N) is 1. The van der Waals surface area contributed by atoms with Crippen LogP contribution in [-0.4, -0.2) is 41.3 Å². The van der Waals surface area contributed by atoms with Crippen LogP contribution in [0.4, 0.5) is 8.78 Å². The molecular formula is C21H27F2N3O2. The fraction of sp³-hybridized carbons (Fsp3) is 0.429. The molecular weight excluding hydrogens is 364 g/mol. The van der Waals surface area contributed by atoms with Gasteiger partial charge in [-0.3, -0.25) is 9.59 Å². The number of benzene rings is 1. The molecule has 2 N–H and O–H groups in total. The van der Waals surface area contributed by atoms with E-state index in [-0.39, 0.29) is 36.6 Å².